The molecule has 3 heteroatoms. The van der Waals surface area contributed by atoms with E-state index in [-0.39, 0.29) is 11.9 Å². The first kappa shape index (κ1) is 13.0. The van der Waals surface area contributed by atoms with Crippen LogP contribution in [0.1, 0.15) is 40.5 Å². The third-order valence-corrected chi connectivity index (χ3v) is 2.33. The van der Waals surface area contributed by atoms with Gasteiger partial charge >= 0.3 is 5.97 Å². The van der Waals surface area contributed by atoms with Crippen LogP contribution in [0.25, 0.3) is 0 Å². The quantitative estimate of drug-likeness (QED) is 0.545. The summed E-state index contributed by atoms with van der Waals surface area (Å²) in [4.78, 5) is 11.6. The SMILES string of the molecule is CCOC(=O)/C(=C(/N)CC)C(C)CC. The van der Waals surface area contributed by atoms with Gasteiger partial charge in [0.1, 0.15) is 0 Å². The Labute approximate surface area is 86.3 Å². The van der Waals surface area contributed by atoms with Crippen LogP contribution in [-0.2, 0) is 9.53 Å². The summed E-state index contributed by atoms with van der Waals surface area (Å²) in [6.45, 7) is 8.17. The first-order valence-electron chi connectivity index (χ1n) is 5.23. The highest BCUT2D eigenvalue weighted by Crippen LogP contribution is 2.19. The first-order chi connectivity index (χ1) is 6.58. The molecule has 0 heterocycles. The summed E-state index contributed by atoms with van der Waals surface area (Å²) < 4.78 is 4.97. The van der Waals surface area contributed by atoms with Crippen LogP contribution in [0.5, 0.6) is 0 Å². The molecule has 0 bridgehead atoms. The van der Waals surface area contributed by atoms with Crippen LogP contribution in [0, 0.1) is 5.92 Å². The Hall–Kier alpha value is -0.990. The standard InChI is InChI=1S/C11H21NO2/c1-5-8(4)10(9(12)6-2)11(13)14-7-3/h8H,5-7,12H2,1-4H3/b10-9+. The molecule has 0 amide bonds. The predicted octanol–water partition coefficient (Wildman–Crippen LogP) is 2.22. The van der Waals surface area contributed by atoms with Crippen molar-refractivity contribution in [2.24, 2.45) is 11.7 Å². The highest BCUT2D eigenvalue weighted by Gasteiger charge is 2.19. The summed E-state index contributed by atoms with van der Waals surface area (Å²) in [5.74, 6) is -0.0878. The second kappa shape index (κ2) is 6.46. The molecule has 2 N–H and O–H groups in total. The molecule has 82 valence electrons. The second-order valence-electron chi connectivity index (χ2n) is 3.32. The number of nitrogens with two attached hydrogens (primary N) is 1. The highest BCUT2D eigenvalue weighted by molar-refractivity contribution is 5.89. The van der Waals surface area contributed by atoms with E-state index in [2.05, 4.69) is 0 Å². The summed E-state index contributed by atoms with van der Waals surface area (Å²) in [6.07, 6.45) is 1.59. The Morgan fingerprint density at radius 2 is 1.93 bits per heavy atom. The zero-order valence-electron chi connectivity index (χ0n) is 9.59. The van der Waals surface area contributed by atoms with Gasteiger partial charge in [0.25, 0.3) is 0 Å². The number of rotatable bonds is 5. The van der Waals surface area contributed by atoms with E-state index in [0.717, 1.165) is 6.42 Å². The molecular formula is C11H21NO2. The molecule has 0 spiro atoms. The van der Waals surface area contributed by atoms with Gasteiger partial charge in [-0.3, -0.25) is 0 Å². The van der Waals surface area contributed by atoms with Gasteiger partial charge in [-0.15, -0.1) is 0 Å². The molecule has 3 nitrogen and oxygen atoms in total. The van der Waals surface area contributed by atoms with E-state index in [9.17, 15) is 4.79 Å². The molecule has 0 aliphatic heterocycles. The van der Waals surface area contributed by atoms with Gasteiger partial charge in [-0.2, -0.15) is 0 Å². The maximum absolute atomic E-state index is 11.6. The minimum Gasteiger partial charge on any atom is -0.463 e. The molecule has 0 aliphatic carbocycles. The largest absolute Gasteiger partial charge is 0.463 e. The van der Waals surface area contributed by atoms with Crippen molar-refractivity contribution in [3.8, 4) is 0 Å². The van der Waals surface area contributed by atoms with E-state index in [1.807, 2.05) is 20.8 Å². The van der Waals surface area contributed by atoms with E-state index in [1.165, 1.54) is 0 Å². The van der Waals surface area contributed by atoms with Crippen LogP contribution in [-0.4, -0.2) is 12.6 Å². The van der Waals surface area contributed by atoms with Crippen molar-refractivity contribution in [2.45, 2.75) is 40.5 Å². The van der Waals surface area contributed by atoms with Gasteiger partial charge in [0.15, 0.2) is 0 Å². The average molecular weight is 199 g/mol. The molecule has 1 unspecified atom stereocenters. The smallest absolute Gasteiger partial charge is 0.336 e. The van der Waals surface area contributed by atoms with Crippen LogP contribution < -0.4 is 5.73 Å². The maximum atomic E-state index is 11.6. The Kier molecular flexibility index (Phi) is 6.00. The molecule has 14 heavy (non-hydrogen) atoms. The van der Waals surface area contributed by atoms with Crippen molar-refractivity contribution in [3.05, 3.63) is 11.3 Å². The first-order valence-corrected chi connectivity index (χ1v) is 5.23. The number of carbonyl (C=O) groups is 1. The Bertz CT molecular complexity index is 221. The normalized spacial score (nSPS) is 14.6. The number of esters is 1. The lowest BCUT2D eigenvalue weighted by molar-refractivity contribution is -0.139. The molecule has 0 aromatic carbocycles. The molecular weight excluding hydrogens is 178 g/mol. The van der Waals surface area contributed by atoms with E-state index in [0.29, 0.717) is 24.3 Å². The number of allylic oxidation sites excluding steroid dienone is 1. The van der Waals surface area contributed by atoms with Crippen molar-refractivity contribution in [2.75, 3.05) is 6.61 Å². The summed E-state index contributed by atoms with van der Waals surface area (Å²) in [5.41, 5.74) is 7.10. The fourth-order valence-corrected chi connectivity index (χ4v) is 1.25. The number of hydrogen-bond donors (Lipinski definition) is 1. The van der Waals surface area contributed by atoms with Crippen LogP contribution in [0.15, 0.2) is 11.3 Å². The lowest BCUT2D eigenvalue weighted by atomic mass is 9.96. The molecule has 0 aromatic heterocycles. The minimum absolute atomic E-state index is 0.175. The van der Waals surface area contributed by atoms with Crippen LogP contribution in [0.3, 0.4) is 0 Å². The highest BCUT2D eigenvalue weighted by atomic mass is 16.5. The summed E-state index contributed by atoms with van der Waals surface area (Å²) in [6, 6.07) is 0. The van der Waals surface area contributed by atoms with Crippen molar-refractivity contribution >= 4 is 5.97 Å². The Morgan fingerprint density at radius 1 is 1.36 bits per heavy atom. The lowest BCUT2D eigenvalue weighted by Gasteiger charge is -2.15. The van der Waals surface area contributed by atoms with E-state index < -0.39 is 0 Å². The van der Waals surface area contributed by atoms with Crippen LogP contribution >= 0.6 is 0 Å². The molecule has 0 aromatic rings. The van der Waals surface area contributed by atoms with Crippen LogP contribution in [0.4, 0.5) is 0 Å². The fraction of sp³-hybridized carbons (Fsp3) is 0.727. The van der Waals surface area contributed by atoms with E-state index in [4.69, 9.17) is 10.5 Å². The Balaban J connectivity index is 4.82. The molecule has 0 radical (unpaired) electrons. The molecule has 0 fully saturated rings. The van der Waals surface area contributed by atoms with E-state index in [1.54, 1.807) is 6.92 Å². The number of hydrogen-bond acceptors (Lipinski definition) is 3. The third-order valence-electron chi connectivity index (χ3n) is 2.33. The zero-order chi connectivity index (χ0) is 11.1. The fourth-order valence-electron chi connectivity index (χ4n) is 1.25. The summed E-state index contributed by atoms with van der Waals surface area (Å²) >= 11 is 0. The Morgan fingerprint density at radius 3 is 2.29 bits per heavy atom. The molecule has 0 aliphatic rings. The van der Waals surface area contributed by atoms with Gasteiger partial charge in [0.05, 0.1) is 12.2 Å². The molecule has 0 saturated carbocycles. The van der Waals surface area contributed by atoms with Gasteiger partial charge in [-0.05, 0) is 25.7 Å². The van der Waals surface area contributed by atoms with E-state index >= 15 is 0 Å². The number of carbonyl (C=O) groups excluding carboxylic acids is 1. The van der Waals surface area contributed by atoms with Crippen molar-refractivity contribution in [3.63, 3.8) is 0 Å². The topological polar surface area (TPSA) is 52.3 Å². The van der Waals surface area contributed by atoms with Crippen molar-refractivity contribution in [1.29, 1.82) is 0 Å². The van der Waals surface area contributed by atoms with Gasteiger partial charge in [-0.25, -0.2) is 4.79 Å². The monoisotopic (exact) mass is 199 g/mol. The minimum atomic E-state index is -0.263. The van der Waals surface area contributed by atoms with Crippen molar-refractivity contribution in [1.82, 2.24) is 0 Å². The van der Waals surface area contributed by atoms with Gasteiger partial charge in [0.2, 0.25) is 0 Å². The molecule has 0 rings (SSSR count). The van der Waals surface area contributed by atoms with Gasteiger partial charge in [0, 0.05) is 5.70 Å². The zero-order valence-corrected chi connectivity index (χ0v) is 9.59. The third kappa shape index (κ3) is 3.40. The maximum Gasteiger partial charge on any atom is 0.336 e. The predicted molar refractivity (Wildman–Crippen MR) is 57.6 cm³/mol. The lowest BCUT2D eigenvalue weighted by Crippen LogP contribution is -2.19. The van der Waals surface area contributed by atoms with Crippen molar-refractivity contribution < 1.29 is 9.53 Å². The van der Waals surface area contributed by atoms with Gasteiger partial charge in [-0.1, -0.05) is 20.8 Å². The molecule has 1 atom stereocenters. The summed E-state index contributed by atoms with van der Waals surface area (Å²) in [7, 11) is 0. The second-order valence-corrected chi connectivity index (χ2v) is 3.32. The van der Waals surface area contributed by atoms with Crippen LogP contribution in [0.2, 0.25) is 0 Å². The number of ether oxygens (including phenoxy) is 1. The summed E-state index contributed by atoms with van der Waals surface area (Å²) in [5, 5.41) is 0. The molecule has 0 saturated heterocycles. The van der Waals surface area contributed by atoms with Gasteiger partial charge < -0.3 is 10.5 Å². The average Bonchev–Trinajstić information content (AvgIpc) is 2.17.